The molecule has 0 spiro atoms. The summed E-state index contributed by atoms with van der Waals surface area (Å²) in [6.07, 6.45) is 5.77. The summed E-state index contributed by atoms with van der Waals surface area (Å²) in [6.45, 7) is 30.5. The maximum Gasteiger partial charge on any atom is 0.333 e. The van der Waals surface area contributed by atoms with Crippen molar-refractivity contribution in [3.63, 3.8) is 0 Å². The van der Waals surface area contributed by atoms with Gasteiger partial charge in [0.15, 0.2) is 0 Å². The molecule has 2 atom stereocenters. The van der Waals surface area contributed by atoms with Gasteiger partial charge < -0.3 is 19.9 Å². The molecule has 6 aromatic rings. The highest BCUT2D eigenvalue weighted by Gasteiger charge is 2.32. The van der Waals surface area contributed by atoms with E-state index in [1.165, 1.54) is 73.0 Å². The summed E-state index contributed by atoms with van der Waals surface area (Å²) < 4.78 is 6.03. The first-order valence-corrected chi connectivity index (χ1v) is 25.8. The second kappa shape index (κ2) is 22.4. The van der Waals surface area contributed by atoms with Crippen LogP contribution in [0.1, 0.15) is 177 Å². The Morgan fingerprint density at radius 2 is 1.04 bits per heavy atom. The van der Waals surface area contributed by atoms with Crippen LogP contribution in [0.5, 0.6) is 0 Å². The molecule has 1 aliphatic carbocycles. The molecule has 0 aliphatic heterocycles. The Balaban J connectivity index is 1.36. The number of hydrogen-bond acceptors (Lipinski definition) is 5. The van der Waals surface area contributed by atoms with Gasteiger partial charge in [-0.2, -0.15) is 0 Å². The average molecular weight is 909 g/mol. The van der Waals surface area contributed by atoms with E-state index in [1.54, 1.807) is 6.92 Å². The standard InChI is InChI=1S/C63H78N3O2/c1-13-39-65(61-50(41(3)4)23-19-24-51(61)42(5)6)48-33-29-46(30-34-48)60(47-31-35-49(36-32-47)66(40-14-2)62-52(43(7)8)25-20-26-53(62)44(9)10)56-37-38-57(55-22-16-15-21-54(55)56)64-58-27-17-18-28-59(58)68-63(67)45(11)12/h15-16,19-26,29-38,41-44,58-59,64H,11,13-14,17-18,27-28,39-40H2,1-10,12H3/q+1. The molecule has 0 heterocycles. The van der Waals surface area contributed by atoms with Crippen LogP contribution in [0, 0.1) is 5.92 Å². The van der Waals surface area contributed by atoms with Gasteiger partial charge in [0.25, 0.3) is 0 Å². The van der Waals surface area contributed by atoms with E-state index in [2.05, 4.69) is 212 Å². The van der Waals surface area contributed by atoms with Crippen molar-refractivity contribution < 1.29 is 9.53 Å². The highest BCUT2D eigenvalue weighted by atomic mass is 16.5. The molecule has 5 heteroatoms. The van der Waals surface area contributed by atoms with Crippen LogP contribution in [0.4, 0.5) is 28.4 Å². The monoisotopic (exact) mass is 909 g/mol. The molecule has 1 aliphatic rings. The van der Waals surface area contributed by atoms with Gasteiger partial charge in [0, 0.05) is 40.8 Å². The summed E-state index contributed by atoms with van der Waals surface area (Å²) in [5, 5.41) is 6.20. The lowest BCUT2D eigenvalue weighted by atomic mass is 9.82. The first-order valence-electron chi connectivity index (χ1n) is 25.8. The number of fused-ring (bicyclic) bond motifs is 1. The number of benzene rings is 6. The Hall–Kier alpha value is -5.94. The molecule has 1 N–H and O–H groups in total. The fraction of sp³-hybridized carbons (Fsp3) is 0.397. The van der Waals surface area contributed by atoms with E-state index in [0.29, 0.717) is 29.2 Å². The van der Waals surface area contributed by atoms with Crippen molar-refractivity contribution in [2.24, 2.45) is 0 Å². The van der Waals surface area contributed by atoms with E-state index in [0.717, 1.165) is 62.7 Å². The first-order chi connectivity index (χ1) is 32.7. The van der Waals surface area contributed by atoms with Crippen LogP contribution in [0.3, 0.4) is 0 Å². The number of esters is 1. The van der Waals surface area contributed by atoms with Crippen molar-refractivity contribution in [3.05, 3.63) is 178 Å². The SMILES string of the molecule is C=C(C)C(=O)OC1CCCCC1Nc1ccc([C+](c2ccc(N(CCC)c3c(C(C)C)cccc3C(C)C)cc2)c2ccc(N(CCC)c3c(C(C)C)cccc3C(C)C)cc2)c2ccccc12. The molecular weight excluding hydrogens is 831 g/mol. The fourth-order valence-corrected chi connectivity index (χ4v) is 10.4. The molecule has 5 nitrogen and oxygen atoms in total. The van der Waals surface area contributed by atoms with Crippen molar-refractivity contribution >= 4 is 45.2 Å². The van der Waals surface area contributed by atoms with Crippen molar-refractivity contribution in [1.29, 1.82) is 0 Å². The average Bonchev–Trinajstić information content (AvgIpc) is 3.33. The molecule has 0 bridgehead atoms. The van der Waals surface area contributed by atoms with Gasteiger partial charge in [0.05, 0.1) is 45.7 Å². The summed E-state index contributed by atoms with van der Waals surface area (Å²) in [6, 6.07) is 45.8. The van der Waals surface area contributed by atoms with Crippen LogP contribution in [0.15, 0.2) is 133 Å². The van der Waals surface area contributed by atoms with Crippen LogP contribution >= 0.6 is 0 Å². The highest BCUT2D eigenvalue weighted by Crippen LogP contribution is 2.44. The van der Waals surface area contributed by atoms with Crippen LogP contribution < -0.4 is 15.1 Å². The van der Waals surface area contributed by atoms with Crippen LogP contribution in [0.2, 0.25) is 0 Å². The summed E-state index contributed by atoms with van der Waals surface area (Å²) in [5.41, 5.74) is 15.7. The lowest BCUT2D eigenvalue weighted by molar-refractivity contribution is -0.146. The summed E-state index contributed by atoms with van der Waals surface area (Å²) >= 11 is 0. The largest absolute Gasteiger partial charge is 0.457 e. The third kappa shape index (κ3) is 10.8. The lowest BCUT2D eigenvalue weighted by Crippen LogP contribution is -2.40. The van der Waals surface area contributed by atoms with E-state index in [-0.39, 0.29) is 18.1 Å². The van der Waals surface area contributed by atoms with Crippen molar-refractivity contribution in [2.75, 3.05) is 28.2 Å². The molecule has 7 rings (SSSR count). The predicted octanol–water partition coefficient (Wildman–Crippen LogP) is 17.3. The van der Waals surface area contributed by atoms with E-state index in [4.69, 9.17) is 4.74 Å². The smallest absolute Gasteiger partial charge is 0.333 e. The zero-order valence-electron chi connectivity index (χ0n) is 43.1. The van der Waals surface area contributed by atoms with Gasteiger partial charge in [-0.05, 0) is 158 Å². The van der Waals surface area contributed by atoms with Gasteiger partial charge >= 0.3 is 5.97 Å². The minimum absolute atomic E-state index is 0.0102. The van der Waals surface area contributed by atoms with Gasteiger partial charge in [0.2, 0.25) is 0 Å². The highest BCUT2D eigenvalue weighted by molar-refractivity contribution is 5.98. The van der Waals surface area contributed by atoms with E-state index in [9.17, 15) is 4.79 Å². The Morgan fingerprint density at radius 3 is 1.47 bits per heavy atom. The molecular formula is C63H78N3O2+. The number of carbonyl (C=O) groups is 1. The molecule has 356 valence electrons. The quantitative estimate of drug-likeness (QED) is 0.0380. The Labute approximate surface area is 410 Å². The molecule has 1 fully saturated rings. The molecule has 0 saturated heterocycles. The van der Waals surface area contributed by atoms with Gasteiger partial charge in [0.1, 0.15) is 6.10 Å². The Kier molecular flexibility index (Phi) is 16.5. The second-order valence-electron chi connectivity index (χ2n) is 20.4. The Bertz CT molecular complexity index is 2470. The lowest BCUT2D eigenvalue weighted by Gasteiger charge is -2.33. The van der Waals surface area contributed by atoms with E-state index < -0.39 is 0 Å². The van der Waals surface area contributed by atoms with Gasteiger partial charge in [-0.15, -0.1) is 0 Å². The van der Waals surface area contributed by atoms with Gasteiger partial charge in [-0.25, -0.2) is 4.79 Å². The fourth-order valence-electron chi connectivity index (χ4n) is 10.4. The molecule has 68 heavy (non-hydrogen) atoms. The van der Waals surface area contributed by atoms with Crippen molar-refractivity contribution in [2.45, 2.75) is 151 Å². The normalized spacial score (nSPS) is 15.0. The summed E-state index contributed by atoms with van der Waals surface area (Å²) in [5.74, 6) is 2.47. The summed E-state index contributed by atoms with van der Waals surface area (Å²) in [4.78, 5) is 17.9. The minimum Gasteiger partial charge on any atom is -0.457 e. The predicted molar refractivity (Wildman–Crippen MR) is 292 cm³/mol. The van der Waals surface area contributed by atoms with E-state index in [1.807, 2.05) is 0 Å². The molecule has 0 radical (unpaired) electrons. The minimum atomic E-state index is -0.315. The number of anilines is 5. The van der Waals surface area contributed by atoms with E-state index >= 15 is 0 Å². The number of rotatable bonds is 19. The number of nitrogens with one attached hydrogen (secondary N) is 1. The third-order valence-corrected chi connectivity index (χ3v) is 13.9. The third-order valence-electron chi connectivity index (χ3n) is 13.9. The zero-order chi connectivity index (χ0) is 48.6. The number of para-hydroxylation sites is 2. The number of hydrogen-bond donors (Lipinski definition) is 1. The molecule has 0 aromatic heterocycles. The van der Waals surface area contributed by atoms with Crippen LogP contribution in [-0.4, -0.2) is 31.2 Å². The Morgan fingerprint density at radius 1 is 0.603 bits per heavy atom. The molecule has 6 aromatic carbocycles. The number of nitrogens with zero attached hydrogens (tertiary/aromatic N) is 2. The van der Waals surface area contributed by atoms with Gasteiger partial charge in [-0.3, -0.25) is 0 Å². The first kappa shape index (κ1) is 50.0. The summed E-state index contributed by atoms with van der Waals surface area (Å²) in [7, 11) is 0. The maximum absolute atomic E-state index is 12.7. The van der Waals surface area contributed by atoms with Crippen molar-refractivity contribution in [1.82, 2.24) is 0 Å². The molecule has 1 saturated carbocycles. The topological polar surface area (TPSA) is 44.8 Å². The second-order valence-corrected chi connectivity index (χ2v) is 20.4. The van der Waals surface area contributed by atoms with Crippen LogP contribution in [-0.2, 0) is 9.53 Å². The molecule has 0 amide bonds. The molecule has 2 unspecified atom stereocenters. The number of ether oxygens (including phenoxy) is 1. The zero-order valence-corrected chi connectivity index (χ0v) is 43.1. The number of carbonyl (C=O) groups excluding carboxylic acids is 1. The van der Waals surface area contributed by atoms with Crippen LogP contribution in [0.25, 0.3) is 10.8 Å². The maximum atomic E-state index is 12.7. The van der Waals surface area contributed by atoms with Gasteiger partial charge in [-0.1, -0.05) is 131 Å². The van der Waals surface area contributed by atoms with Crippen molar-refractivity contribution in [3.8, 4) is 0 Å².